The molecule has 0 saturated heterocycles. The second-order valence-corrected chi connectivity index (χ2v) is 6.14. The van der Waals surface area contributed by atoms with Gasteiger partial charge in [-0.3, -0.25) is 4.79 Å². The first kappa shape index (κ1) is 19.0. The maximum Gasteiger partial charge on any atom is 0.260 e. The van der Waals surface area contributed by atoms with Crippen LogP contribution in [0.15, 0.2) is 54.6 Å². The van der Waals surface area contributed by atoms with E-state index in [9.17, 15) is 4.79 Å². The van der Waals surface area contributed by atoms with Gasteiger partial charge < -0.3 is 14.8 Å². The fraction of sp³-hybridized carbons (Fsp3) is 0.381. The highest BCUT2D eigenvalue weighted by Crippen LogP contribution is 2.16. The third kappa shape index (κ3) is 6.59. The molecule has 0 saturated carbocycles. The van der Waals surface area contributed by atoms with Crippen molar-refractivity contribution in [2.75, 3.05) is 13.2 Å². The molecule has 2 aromatic carbocycles. The van der Waals surface area contributed by atoms with Gasteiger partial charge in [-0.2, -0.15) is 0 Å². The molecule has 2 rings (SSSR count). The number of hydrogen-bond acceptors (Lipinski definition) is 3. The largest absolute Gasteiger partial charge is 0.481 e. The summed E-state index contributed by atoms with van der Waals surface area (Å²) in [6.07, 6.45) is 0.298. The lowest BCUT2D eigenvalue weighted by Crippen LogP contribution is -2.37. The van der Waals surface area contributed by atoms with Crippen molar-refractivity contribution in [3.05, 3.63) is 65.7 Å². The minimum absolute atomic E-state index is 0.0560. The molecule has 25 heavy (non-hydrogen) atoms. The van der Waals surface area contributed by atoms with Crippen LogP contribution >= 0.6 is 0 Å². The summed E-state index contributed by atoms with van der Waals surface area (Å²) in [6, 6.07) is 17.8. The minimum atomic E-state index is -0.522. The van der Waals surface area contributed by atoms with Gasteiger partial charge in [0.05, 0.1) is 6.10 Å². The highest BCUT2D eigenvalue weighted by atomic mass is 16.5. The number of nitrogens with one attached hydrogen (secondary N) is 1. The Labute approximate surface area is 150 Å². The summed E-state index contributed by atoms with van der Waals surface area (Å²) in [4.78, 5) is 12.1. The minimum Gasteiger partial charge on any atom is -0.481 e. The maximum atomic E-state index is 12.1. The van der Waals surface area contributed by atoms with Crippen molar-refractivity contribution in [1.82, 2.24) is 5.32 Å². The number of amides is 1. The molecule has 1 N–H and O–H groups in total. The molecule has 1 amide bonds. The smallest absolute Gasteiger partial charge is 0.260 e. The van der Waals surface area contributed by atoms with Gasteiger partial charge in [-0.15, -0.1) is 0 Å². The Kier molecular flexibility index (Phi) is 7.48. The van der Waals surface area contributed by atoms with E-state index in [0.717, 1.165) is 17.5 Å². The lowest BCUT2D eigenvalue weighted by atomic mass is 10.1. The molecule has 0 aliphatic carbocycles. The summed E-state index contributed by atoms with van der Waals surface area (Å²) in [6.45, 7) is 6.96. The average Bonchev–Trinajstić information content (AvgIpc) is 2.61. The molecule has 0 bridgehead atoms. The second-order valence-electron chi connectivity index (χ2n) is 6.14. The van der Waals surface area contributed by atoms with Gasteiger partial charge in [-0.25, -0.2) is 0 Å². The van der Waals surface area contributed by atoms with Crippen LogP contribution in [0.5, 0.6) is 5.75 Å². The van der Waals surface area contributed by atoms with Gasteiger partial charge in [-0.05, 0) is 50.5 Å². The standard InChI is InChI=1S/C21H27NO3/c1-16-9-7-12-20(15-16)25-18(3)21(23)22-13-8-14-24-17(2)19-10-5-4-6-11-19/h4-7,9-12,15,17-18H,8,13-14H2,1-3H3,(H,22,23). The predicted octanol–water partition coefficient (Wildman–Crippen LogP) is 4.05. The highest BCUT2D eigenvalue weighted by Gasteiger charge is 2.14. The molecule has 0 radical (unpaired) electrons. The summed E-state index contributed by atoms with van der Waals surface area (Å²) in [5.41, 5.74) is 2.27. The van der Waals surface area contributed by atoms with Crippen LogP contribution < -0.4 is 10.1 Å². The van der Waals surface area contributed by atoms with Gasteiger partial charge in [0.1, 0.15) is 5.75 Å². The van der Waals surface area contributed by atoms with Crippen molar-refractivity contribution in [3.8, 4) is 5.75 Å². The fourth-order valence-electron chi connectivity index (χ4n) is 2.45. The van der Waals surface area contributed by atoms with Crippen molar-refractivity contribution >= 4 is 5.91 Å². The molecule has 0 heterocycles. The maximum absolute atomic E-state index is 12.1. The molecule has 0 spiro atoms. The first-order valence-corrected chi connectivity index (χ1v) is 8.74. The predicted molar refractivity (Wildman–Crippen MR) is 99.7 cm³/mol. The first-order chi connectivity index (χ1) is 12.1. The fourth-order valence-corrected chi connectivity index (χ4v) is 2.45. The van der Waals surface area contributed by atoms with Crippen molar-refractivity contribution in [3.63, 3.8) is 0 Å². The van der Waals surface area contributed by atoms with E-state index in [1.807, 2.05) is 56.3 Å². The molecule has 2 atom stereocenters. The molecule has 4 nitrogen and oxygen atoms in total. The zero-order valence-electron chi connectivity index (χ0n) is 15.2. The molecule has 2 aromatic rings. The molecular formula is C21H27NO3. The van der Waals surface area contributed by atoms with Gasteiger partial charge in [-0.1, -0.05) is 42.5 Å². The van der Waals surface area contributed by atoms with Crippen LogP contribution in [0.25, 0.3) is 0 Å². The van der Waals surface area contributed by atoms with Crippen molar-refractivity contribution in [2.45, 2.75) is 39.4 Å². The van der Waals surface area contributed by atoms with Crippen LogP contribution in [0.2, 0.25) is 0 Å². The van der Waals surface area contributed by atoms with E-state index in [1.165, 1.54) is 0 Å². The monoisotopic (exact) mass is 341 g/mol. The Morgan fingerprint density at radius 2 is 1.84 bits per heavy atom. The Hall–Kier alpha value is -2.33. The summed E-state index contributed by atoms with van der Waals surface area (Å²) in [5, 5.41) is 2.89. The highest BCUT2D eigenvalue weighted by molar-refractivity contribution is 5.80. The molecule has 0 fully saturated rings. The van der Waals surface area contributed by atoms with Gasteiger partial charge >= 0.3 is 0 Å². The number of rotatable bonds is 9. The normalized spacial score (nSPS) is 13.1. The summed E-state index contributed by atoms with van der Waals surface area (Å²) < 4.78 is 11.5. The molecule has 4 heteroatoms. The molecule has 0 aliphatic heterocycles. The number of hydrogen-bond donors (Lipinski definition) is 1. The van der Waals surface area contributed by atoms with Crippen LogP contribution in [-0.2, 0) is 9.53 Å². The van der Waals surface area contributed by atoms with E-state index in [4.69, 9.17) is 9.47 Å². The van der Waals surface area contributed by atoms with Gasteiger partial charge in [0.15, 0.2) is 6.10 Å². The van der Waals surface area contributed by atoms with Crippen LogP contribution in [0.4, 0.5) is 0 Å². The SMILES string of the molecule is Cc1cccc(OC(C)C(=O)NCCCOC(C)c2ccccc2)c1. The van der Waals surface area contributed by atoms with E-state index < -0.39 is 6.10 Å². The zero-order chi connectivity index (χ0) is 18.1. The number of carbonyl (C=O) groups excluding carboxylic acids is 1. The molecule has 134 valence electrons. The zero-order valence-corrected chi connectivity index (χ0v) is 15.2. The molecule has 0 aromatic heterocycles. The molecule has 2 unspecified atom stereocenters. The topological polar surface area (TPSA) is 47.6 Å². The number of benzene rings is 2. The number of ether oxygens (including phenoxy) is 2. The quantitative estimate of drug-likeness (QED) is 0.700. The van der Waals surface area contributed by atoms with Crippen molar-refractivity contribution < 1.29 is 14.3 Å². The Morgan fingerprint density at radius 1 is 1.08 bits per heavy atom. The van der Waals surface area contributed by atoms with Gasteiger partial charge in [0.2, 0.25) is 0 Å². The van der Waals surface area contributed by atoms with E-state index in [2.05, 4.69) is 17.4 Å². The Balaban J connectivity index is 1.63. The van der Waals surface area contributed by atoms with E-state index in [-0.39, 0.29) is 12.0 Å². The van der Waals surface area contributed by atoms with Crippen molar-refractivity contribution in [2.24, 2.45) is 0 Å². The third-order valence-corrected chi connectivity index (χ3v) is 3.93. The summed E-state index contributed by atoms with van der Waals surface area (Å²) in [5.74, 6) is 0.597. The summed E-state index contributed by atoms with van der Waals surface area (Å²) >= 11 is 0. The van der Waals surface area contributed by atoms with Gasteiger partial charge in [0, 0.05) is 13.2 Å². The summed E-state index contributed by atoms with van der Waals surface area (Å²) in [7, 11) is 0. The van der Waals surface area contributed by atoms with E-state index in [0.29, 0.717) is 18.9 Å². The first-order valence-electron chi connectivity index (χ1n) is 8.74. The Morgan fingerprint density at radius 3 is 2.56 bits per heavy atom. The van der Waals surface area contributed by atoms with Crippen LogP contribution in [-0.4, -0.2) is 25.2 Å². The third-order valence-electron chi connectivity index (χ3n) is 3.93. The van der Waals surface area contributed by atoms with Crippen molar-refractivity contribution in [1.29, 1.82) is 0 Å². The van der Waals surface area contributed by atoms with E-state index in [1.54, 1.807) is 6.92 Å². The molecule has 0 aliphatic rings. The van der Waals surface area contributed by atoms with Crippen LogP contribution in [0.1, 0.15) is 37.5 Å². The lowest BCUT2D eigenvalue weighted by Gasteiger charge is -2.16. The molecular weight excluding hydrogens is 314 g/mol. The van der Waals surface area contributed by atoms with E-state index >= 15 is 0 Å². The lowest BCUT2D eigenvalue weighted by molar-refractivity contribution is -0.127. The second kappa shape index (κ2) is 9.84. The Bertz CT molecular complexity index is 657. The van der Waals surface area contributed by atoms with Crippen LogP contribution in [0.3, 0.4) is 0 Å². The average molecular weight is 341 g/mol. The number of aryl methyl sites for hydroxylation is 1. The van der Waals surface area contributed by atoms with Gasteiger partial charge in [0.25, 0.3) is 5.91 Å². The van der Waals surface area contributed by atoms with Crippen LogP contribution in [0, 0.1) is 6.92 Å². The number of carbonyl (C=O) groups is 1.